The van der Waals surface area contributed by atoms with Crippen LogP contribution >= 0.6 is 11.8 Å². The molecule has 0 saturated carbocycles. The molecule has 5 heteroatoms. The molecule has 0 spiro atoms. The second kappa shape index (κ2) is 7.19. The quantitative estimate of drug-likeness (QED) is 0.869. The first kappa shape index (κ1) is 13.9. The number of benzene rings is 1. The van der Waals surface area contributed by atoms with Gasteiger partial charge in [0.25, 0.3) is 0 Å². The highest BCUT2D eigenvalue weighted by molar-refractivity contribution is 8.14. The molecule has 0 radical (unpaired) electrons. The Morgan fingerprint density at radius 2 is 2.00 bits per heavy atom. The van der Waals surface area contributed by atoms with E-state index in [2.05, 4.69) is 29.3 Å². The summed E-state index contributed by atoms with van der Waals surface area (Å²) in [6.07, 6.45) is 2.94. The van der Waals surface area contributed by atoms with Gasteiger partial charge in [0, 0.05) is 5.75 Å². The van der Waals surface area contributed by atoms with Gasteiger partial charge in [-0.15, -0.1) is 5.10 Å². The van der Waals surface area contributed by atoms with Gasteiger partial charge in [0.15, 0.2) is 5.17 Å². The topological polar surface area (TPSA) is 60.0 Å². The lowest BCUT2D eigenvalue weighted by molar-refractivity contribution is 0.317. The van der Waals surface area contributed by atoms with E-state index >= 15 is 0 Å². The minimum absolute atomic E-state index is 0.557. The fourth-order valence-electron chi connectivity index (χ4n) is 1.72. The molecule has 1 heterocycles. The highest BCUT2D eigenvalue weighted by Gasteiger charge is 2.07. The van der Waals surface area contributed by atoms with Gasteiger partial charge in [-0.2, -0.15) is 5.10 Å². The van der Waals surface area contributed by atoms with Gasteiger partial charge >= 0.3 is 0 Å². The molecular weight excluding hydrogens is 258 g/mol. The molecule has 0 aromatic heterocycles. The fourth-order valence-corrected chi connectivity index (χ4v) is 2.33. The molecule has 1 aliphatic rings. The monoisotopic (exact) mass is 277 g/mol. The number of hydrogen-bond acceptors (Lipinski definition) is 5. The van der Waals surface area contributed by atoms with Gasteiger partial charge in [-0.1, -0.05) is 30.8 Å². The zero-order valence-corrected chi connectivity index (χ0v) is 11.9. The van der Waals surface area contributed by atoms with Crippen molar-refractivity contribution in [3.63, 3.8) is 0 Å². The summed E-state index contributed by atoms with van der Waals surface area (Å²) < 4.78 is 5.56. The van der Waals surface area contributed by atoms with Crippen molar-refractivity contribution in [3.05, 3.63) is 29.8 Å². The number of thioether (sulfide) groups is 1. The first-order valence-corrected chi connectivity index (χ1v) is 7.50. The molecule has 0 aliphatic carbocycles. The molecule has 0 fully saturated rings. The van der Waals surface area contributed by atoms with Gasteiger partial charge < -0.3 is 10.5 Å². The maximum atomic E-state index is 5.56. The SMILES string of the molecule is CCCOc1ccc(CCC2=NN=C(N)SC2)cc1. The minimum Gasteiger partial charge on any atom is -0.494 e. The molecule has 1 aliphatic heterocycles. The van der Waals surface area contributed by atoms with Crippen molar-refractivity contribution in [2.45, 2.75) is 26.2 Å². The van der Waals surface area contributed by atoms with Crippen LogP contribution in [0.15, 0.2) is 34.5 Å². The third kappa shape index (κ3) is 4.59. The van der Waals surface area contributed by atoms with Crippen molar-refractivity contribution in [1.82, 2.24) is 0 Å². The van der Waals surface area contributed by atoms with Crippen LogP contribution in [0.25, 0.3) is 0 Å². The summed E-state index contributed by atoms with van der Waals surface area (Å²) >= 11 is 1.55. The standard InChI is InChI=1S/C14H19N3OS/c1-2-9-18-13-7-4-11(5-8-13)3-6-12-10-19-14(15)17-16-12/h4-5,7-8H,2-3,6,9-10H2,1H3,(H2,15,17). The summed E-state index contributed by atoms with van der Waals surface area (Å²) in [7, 11) is 0. The molecule has 0 amide bonds. The summed E-state index contributed by atoms with van der Waals surface area (Å²) in [6, 6.07) is 8.27. The summed E-state index contributed by atoms with van der Waals surface area (Å²) in [5.74, 6) is 1.79. The maximum absolute atomic E-state index is 5.56. The third-order valence-electron chi connectivity index (χ3n) is 2.78. The first-order chi connectivity index (χ1) is 9.28. The van der Waals surface area contributed by atoms with Crippen LogP contribution in [0.3, 0.4) is 0 Å². The molecule has 19 heavy (non-hydrogen) atoms. The second-order valence-corrected chi connectivity index (χ2v) is 5.38. The van der Waals surface area contributed by atoms with E-state index in [9.17, 15) is 0 Å². The Kier molecular flexibility index (Phi) is 5.27. The molecule has 0 atom stereocenters. The van der Waals surface area contributed by atoms with Crippen molar-refractivity contribution in [1.29, 1.82) is 0 Å². The van der Waals surface area contributed by atoms with Crippen molar-refractivity contribution in [3.8, 4) is 5.75 Å². The average Bonchev–Trinajstić information content (AvgIpc) is 2.46. The number of ether oxygens (including phenoxy) is 1. The molecule has 2 N–H and O–H groups in total. The highest BCUT2D eigenvalue weighted by Crippen LogP contribution is 2.15. The zero-order chi connectivity index (χ0) is 13.5. The van der Waals surface area contributed by atoms with Crippen LogP contribution in [0.4, 0.5) is 0 Å². The van der Waals surface area contributed by atoms with Crippen LogP contribution < -0.4 is 10.5 Å². The lowest BCUT2D eigenvalue weighted by Crippen LogP contribution is -2.16. The van der Waals surface area contributed by atoms with Gasteiger partial charge in [-0.25, -0.2) is 0 Å². The van der Waals surface area contributed by atoms with Crippen LogP contribution in [-0.4, -0.2) is 23.2 Å². The van der Waals surface area contributed by atoms with Crippen LogP contribution in [0.5, 0.6) is 5.75 Å². The van der Waals surface area contributed by atoms with Crippen LogP contribution in [-0.2, 0) is 6.42 Å². The molecule has 2 rings (SSSR count). The van der Waals surface area contributed by atoms with E-state index in [1.54, 1.807) is 11.8 Å². The number of aryl methyl sites for hydroxylation is 1. The molecular formula is C14H19N3OS. The zero-order valence-electron chi connectivity index (χ0n) is 11.1. The molecule has 0 unspecified atom stereocenters. The van der Waals surface area contributed by atoms with Crippen molar-refractivity contribution in [2.24, 2.45) is 15.9 Å². The molecule has 0 bridgehead atoms. The van der Waals surface area contributed by atoms with Crippen molar-refractivity contribution in [2.75, 3.05) is 12.4 Å². The van der Waals surface area contributed by atoms with E-state index in [1.165, 1.54) is 5.56 Å². The maximum Gasteiger partial charge on any atom is 0.180 e. The molecule has 0 saturated heterocycles. The smallest absolute Gasteiger partial charge is 0.180 e. The van der Waals surface area contributed by atoms with Gasteiger partial charge in [-0.05, 0) is 37.0 Å². The number of nitrogens with two attached hydrogens (primary N) is 1. The summed E-state index contributed by atoms with van der Waals surface area (Å²) in [4.78, 5) is 0. The van der Waals surface area contributed by atoms with E-state index in [1.807, 2.05) is 12.1 Å². The Labute approximate surface area is 118 Å². The van der Waals surface area contributed by atoms with E-state index in [0.717, 1.165) is 43.1 Å². The molecule has 1 aromatic carbocycles. The number of nitrogens with zero attached hydrogens (tertiary/aromatic N) is 2. The lowest BCUT2D eigenvalue weighted by Gasteiger charge is -2.09. The van der Waals surface area contributed by atoms with E-state index in [-0.39, 0.29) is 0 Å². The number of rotatable bonds is 6. The minimum atomic E-state index is 0.557. The Bertz CT molecular complexity index is 468. The van der Waals surface area contributed by atoms with Gasteiger partial charge in [-0.3, -0.25) is 0 Å². The Hall–Kier alpha value is -1.49. The van der Waals surface area contributed by atoms with Crippen LogP contribution in [0, 0.1) is 0 Å². The third-order valence-corrected chi connectivity index (χ3v) is 3.63. The molecule has 102 valence electrons. The molecule has 4 nitrogen and oxygen atoms in total. The van der Waals surface area contributed by atoms with Gasteiger partial charge in [0.2, 0.25) is 0 Å². The normalized spacial score (nSPS) is 14.8. The summed E-state index contributed by atoms with van der Waals surface area (Å²) in [5.41, 5.74) is 7.95. The lowest BCUT2D eigenvalue weighted by atomic mass is 10.1. The van der Waals surface area contributed by atoms with Gasteiger partial charge in [0.1, 0.15) is 5.75 Å². The van der Waals surface area contributed by atoms with Crippen molar-refractivity contribution < 1.29 is 4.74 Å². The Morgan fingerprint density at radius 1 is 1.21 bits per heavy atom. The average molecular weight is 277 g/mol. The van der Waals surface area contributed by atoms with E-state index in [4.69, 9.17) is 10.5 Å². The van der Waals surface area contributed by atoms with Crippen molar-refractivity contribution >= 4 is 22.6 Å². The predicted octanol–water partition coefficient (Wildman–Crippen LogP) is 2.83. The van der Waals surface area contributed by atoms with E-state index in [0.29, 0.717) is 5.17 Å². The Balaban J connectivity index is 1.83. The van der Waals surface area contributed by atoms with Gasteiger partial charge in [0.05, 0.1) is 12.3 Å². The Morgan fingerprint density at radius 3 is 2.63 bits per heavy atom. The highest BCUT2D eigenvalue weighted by atomic mass is 32.2. The van der Waals surface area contributed by atoms with E-state index < -0.39 is 0 Å². The van der Waals surface area contributed by atoms with Crippen LogP contribution in [0.1, 0.15) is 25.3 Å². The molecule has 1 aromatic rings. The summed E-state index contributed by atoms with van der Waals surface area (Å²) in [5, 5.41) is 8.57. The first-order valence-electron chi connectivity index (χ1n) is 6.51. The largest absolute Gasteiger partial charge is 0.494 e. The number of hydrogen-bond donors (Lipinski definition) is 1. The summed E-state index contributed by atoms with van der Waals surface area (Å²) in [6.45, 7) is 2.87. The predicted molar refractivity (Wildman–Crippen MR) is 82.1 cm³/mol. The van der Waals surface area contributed by atoms with Crippen LogP contribution in [0.2, 0.25) is 0 Å². The second-order valence-electron chi connectivity index (χ2n) is 4.39. The fraction of sp³-hybridized carbons (Fsp3) is 0.429. The number of amidine groups is 1.